The lowest BCUT2D eigenvalue weighted by Crippen LogP contribution is -2.45. The third kappa shape index (κ3) is 8.28. The first-order chi connectivity index (χ1) is 20.4. The predicted octanol–water partition coefficient (Wildman–Crippen LogP) is 6.01. The maximum absolute atomic E-state index is 13.1. The van der Waals surface area contributed by atoms with Gasteiger partial charge in [-0.3, -0.25) is 0 Å². The molecule has 1 aliphatic rings. The van der Waals surface area contributed by atoms with Crippen LogP contribution < -0.4 is 14.2 Å². The summed E-state index contributed by atoms with van der Waals surface area (Å²) in [5, 5.41) is 9.35. The number of pyridine rings is 1. The molecule has 0 radical (unpaired) electrons. The van der Waals surface area contributed by atoms with Gasteiger partial charge in [-0.15, -0.1) is 0 Å². The van der Waals surface area contributed by atoms with E-state index >= 15 is 0 Å². The topological polar surface area (TPSA) is 127 Å². The number of methoxy groups -OCH3 is 1. The van der Waals surface area contributed by atoms with E-state index in [1.165, 1.54) is 13.2 Å². The lowest BCUT2D eigenvalue weighted by molar-refractivity contribution is -0.137. The van der Waals surface area contributed by atoms with Crippen molar-refractivity contribution in [1.29, 1.82) is 0 Å². The van der Waals surface area contributed by atoms with Crippen LogP contribution in [-0.4, -0.2) is 55.8 Å². The fourth-order valence-electron chi connectivity index (χ4n) is 4.58. The number of rotatable bonds is 13. The predicted molar refractivity (Wildman–Crippen MR) is 151 cm³/mol. The van der Waals surface area contributed by atoms with Crippen molar-refractivity contribution in [3.05, 3.63) is 82.0 Å². The highest BCUT2D eigenvalue weighted by molar-refractivity contribution is 7.87. The number of ether oxygens (including phenoxy) is 3. The standard InChI is InChI=1S/C28H29ClF3N3O7S/c1-40-13-14-41-21-10-8-19(25(16-21)42-26-23(29)15-20(17-33-26)28(30,31)32)6-4-12-35(27(36)37)43(38,39)34-24-11-9-18-5-2-3-7-22(18)24/h2-3,5,7-8,10,15-17,24,34H,4,6,9,11-14H2,1H3,(H,36,37). The van der Waals surface area contributed by atoms with Gasteiger partial charge < -0.3 is 19.3 Å². The molecule has 1 heterocycles. The Bertz CT molecular complexity index is 1560. The summed E-state index contributed by atoms with van der Waals surface area (Å²) in [6, 6.07) is 12.2. The zero-order valence-electron chi connectivity index (χ0n) is 22.9. The highest BCUT2D eigenvalue weighted by Gasteiger charge is 2.33. The van der Waals surface area contributed by atoms with E-state index < -0.39 is 34.1 Å². The van der Waals surface area contributed by atoms with Crippen LogP contribution in [0, 0.1) is 0 Å². The molecular weight excluding hydrogens is 615 g/mol. The second kappa shape index (κ2) is 13.8. The average Bonchev–Trinajstić information content (AvgIpc) is 3.34. The van der Waals surface area contributed by atoms with E-state index in [1.807, 2.05) is 18.2 Å². The minimum atomic E-state index is -4.65. The fraction of sp³-hybridized carbons (Fsp3) is 0.357. The molecule has 43 heavy (non-hydrogen) atoms. The van der Waals surface area contributed by atoms with Crippen LogP contribution in [0.25, 0.3) is 0 Å². The zero-order chi connectivity index (χ0) is 31.2. The molecule has 15 heteroatoms. The molecule has 0 saturated heterocycles. The summed E-state index contributed by atoms with van der Waals surface area (Å²) in [6.45, 7) is 0.131. The first kappa shape index (κ1) is 32.3. The molecule has 0 bridgehead atoms. The Morgan fingerprint density at radius 1 is 1.19 bits per heavy atom. The summed E-state index contributed by atoms with van der Waals surface area (Å²) in [6.07, 6.45) is -4.33. The Labute approximate surface area is 251 Å². The van der Waals surface area contributed by atoms with Gasteiger partial charge in [0.1, 0.15) is 23.1 Å². The molecule has 2 aromatic carbocycles. The molecule has 0 fully saturated rings. The number of nitrogens with zero attached hydrogens (tertiary/aromatic N) is 2. The average molecular weight is 644 g/mol. The second-order valence-electron chi connectivity index (χ2n) is 9.59. The third-order valence-electron chi connectivity index (χ3n) is 6.67. The van der Waals surface area contributed by atoms with Crippen molar-refractivity contribution in [2.24, 2.45) is 0 Å². The van der Waals surface area contributed by atoms with E-state index in [-0.39, 0.29) is 42.6 Å². The molecule has 3 aromatic rings. The molecule has 1 atom stereocenters. The van der Waals surface area contributed by atoms with E-state index in [0.717, 1.165) is 11.1 Å². The zero-order valence-corrected chi connectivity index (χ0v) is 24.5. The largest absolute Gasteiger partial charge is 0.491 e. The molecule has 4 rings (SSSR count). The number of halogens is 4. The molecular formula is C28H29ClF3N3O7S. The molecule has 1 aliphatic carbocycles. The SMILES string of the molecule is COCCOc1ccc(CCCN(C(=O)O)S(=O)(=O)NC2CCc3ccccc32)c(Oc2ncc(C(F)(F)F)cc2Cl)c1. The monoisotopic (exact) mass is 643 g/mol. The maximum Gasteiger partial charge on any atom is 0.422 e. The third-order valence-corrected chi connectivity index (χ3v) is 8.44. The van der Waals surface area contributed by atoms with E-state index in [9.17, 15) is 31.5 Å². The summed E-state index contributed by atoms with van der Waals surface area (Å²) in [5.74, 6) is 0.199. The van der Waals surface area contributed by atoms with Crippen LogP contribution in [0.3, 0.4) is 0 Å². The van der Waals surface area contributed by atoms with Gasteiger partial charge in [0.05, 0.1) is 12.2 Å². The molecule has 1 aromatic heterocycles. The second-order valence-corrected chi connectivity index (χ2v) is 11.6. The summed E-state index contributed by atoms with van der Waals surface area (Å²) in [5.41, 5.74) is 1.24. The molecule has 0 saturated carbocycles. The molecule has 10 nitrogen and oxygen atoms in total. The van der Waals surface area contributed by atoms with Gasteiger partial charge in [0.25, 0.3) is 0 Å². The lowest BCUT2D eigenvalue weighted by atomic mass is 10.1. The molecule has 232 valence electrons. The minimum absolute atomic E-state index is 0.0584. The number of aromatic nitrogens is 1. The summed E-state index contributed by atoms with van der Waals surface area (Å²) in [7, 11) is -2.90. The highest BCUT2D eigenvalue weighted by Crippen LogP contribution is 2.37. The van der Waals surface area contributed by atoms with Crippen LogP contribution in [0.2, 0.25) is 5.02 Å². The number of fused-ring (bicyclic) bond motifs is 1. The van der Waals surface area contributed by atoms with Crippen LogP contribution in [-0.2, 0) is 34.0 Å². The van der Waals surface area contributed by atoms with Crippen LogP contribution in [0.15, 0.2) is 54.7 Å². The van der Waals surface area contributed by atoms with E-state index in [2.05, 4.69) is 9.71 Å². The Kier molecular flexibility index (Phi) is 10.4. The number of carbonyl (C=O) groups is 1. The molecule has 0 aliphatic heterocycles. The van der Waals surface area contributed by atoms with Crippen molar-refractivity contribution >= 4 is 27.9 Å². The Morgan fingerprint density at radius 2 is 1.95 bits per heavy atom. The number of carboxylic acid groups (broad SMARTS) is 1. The van der Waals surface area contributed by atoms with Crippen molar-refractivity contribution in [2.45, 2.75) is 37.9 Å². The number of amides is 1. The first-order valence-corrected chi connectivity index (χ1v) is 15.0. The van der Waals surface area contributed by atoms with Crippen molar-refractivity contribution in [3.8, 4) is 17.4 Å². The molecule has 2 N–H and O–H groups in total. The van der Waals surface area contributed by atoms with Gasteiger partial charge in [-0.05, 0) is 54.5 Å². The number of alkyl halides is 3. The number of benzene rings is 2. The first-order valence-electron chi connectivity index (χ1n) is 13.1. The van der Waals surface area contributed by atoms with Gasteiger partial charge in [-0.25, -0.2) is 9.78 Å². The van der Waals surface area contributed by atoms with Gasteiger partial charge >= 0.3 is 22.5 Å². The Hall–Kier alpha value is -3.59. The van der Waals surface area contributed by atoms with Crippen molar-refractivity contribution in [1.82, 2.24) is 14.0 Å². The minimum Gasteiger partial charge on any atom is -0.491 e. The van der Waals surface area contributed by atoms with Crippen molar-refractivity contribution in [2.75, 3.05) is 26.9 Å². The van der Waals surface area contributed by atoms with E-state index in [1.54, 1.807) is 18.2 Å². The summed E-state index contributed by atoms with van der Waals surface area (Å²) >= 11 is 6.03. The molecule has 0 spiro atoms. The van der Waals surface area contributed by atoms with Gasteiger partial charge in [0, 0.05) is 32.0 Å². The van der Waals surface area contributed by atoms with Gasteiger partial charge in [0.2, 0.25) is 5.88 Å². The Balaban J connectivity index is 1.50. The Morgan fingerprint density at radius 3 is 2.65 bits per heavy atom. The van der Waals surface area contributed by atoms with Crippen molar-refractivity contribution < 1.29 is 45.7 Å². The van der Waals surface area contributed by atoms with Gasteiger partial charge in [-0.1, -0.05) is 41.9 Å². The molecule has 1 unspecified atom stereocenters. The van der Waals surface area contributed by atoms with Crippen LogP contribution in [0.5, 0.6) is 17.4 Å². The highest BCUT2D eigenvalue weighted by atomic mass is 35.5. The van der Waals surface area contributed by atoms with Crippen molar-refractivity contribution in [3.63, 3.8) is 0 Å². The summed E-state index contributed by atoms with van der Waals surface area (Å²) < 4.78 is 84.5. The van der Waals surface area contributed by atoms with Crippen LogP contribution >= 0.6 is 11.6 Å². The van der Waals surface area contributed by atoms with E-state index in [0.29, 0.717) is 47.3 Å². The normalized spacial score (nSPS) is 14.8. The van der Waals surface area contributed by atoms with Gasteiger partial charge in [-0.2, -0.15) is 30.6 Å². The van der Waals surface area contributed by atoms with Gasteiger partial charge in [0.15, 0.2) is 0 Å². The maximum atomic E-state index is 13.1. The van der Waals surface area contributed by atoms with E-state index in [4.69, 9.17) is 25.8 Å². The van der Waals surface area contributed by atoms with Crippen LogP contribution in [0.1, 0.15) is 41.1 Å². The summed E-state index contributed by atoms with van der Waals surface area (Å²) in [4.78, 5) is 15.7. The number of hydrogen-bond donors (Lipinski definition) is 2. The smallest absolute Gasteiger partial charge is 0.422 e. The number of nitrogens with one attached hydrogen (secondary N) is 1. The number of hydrogen-bond acceptors (Lipinski definition) is 7. The molecule has 1 amide bonds. The lowest BCUT2D eigenvalue weighted by Gasteiger charge is -2.23. The van der Waals surface area contributed by atoms with Crippen LogP contribution in [0.4, 0.5) is 18.0 Å². The quantitative estimate of drug-likeness (QED) is 0.217. The number of aryl methyl sites for hydroxylation is 2. The fourth-order valence-corrected chi connectivity index (χ4v) is 6.09.